The van der Waals surface area contributed by atoms with Crippen LogP contribution < -0.4 is 4.90 Å². The van der Waals surface area contributed by atoms with E-state index in [4.69, 9.17) is 4.74 Å². The summed E-state index contributed by atoms with van der Waals surface area (Å²) in [6.07, 6.45) is 3.90. The Hall–Kier alpha value is -1.13. The lowest BCUT2D eigenvalue weighted by Crippen LogP contribution is -2.29. The molecule has 0 aliphatic carbocycles. The quantitative estimate of drug-likeness (QED) is 0.865. The first-order valence-corrected chi connectivity index (χ1v) is 6.13. The van der Waals surface area contributed by atoms with E-state index in [9.17, 15) is 5.11 Å². The molecule has 1 unspecified atom stereocenters. The molecule has 4 nitrogen and oxygen atoms in total. The van der Waals surface area contributed by atoms with Crippen LogP contribution in [0.4, 0.5) is 5.82 Å². The molecule has 4 heteroatoms. The lowest BCUT2D eigenvalue weighted by molar-refractivity contribution is 0.116. The van der Waals surface area contributed by atoms with E-state index in [1.165, 1.54) is 0 Å². The first-order valence-electron chi connectivity index (χ1n) is 6.13. The molecular formula is C13H20N2O2. The largest absolute Gasteiger partial charge is 0.389 e. The van der Waals surface area contributed by atoms with E-state index >= 15 is 0 Å². The summed E-state index contributed by atoms with van der Waals surface area (Å²) in [6.45, 7) is 3.50. The van der Waals surface area contributed by atoms with Crippen LogP contribution >= 0.6 is 0 Å². The Morgan fingerprint density at radius 3 is 2.94 bits per heavy atom. The van der Waals surface area contributed by atoms with Crippen LogP contribution in [0.5, 0.6) is 0 Å². The minimum atomic E-state index is -0.458. The standard InChI is InChI=1S/C13H20N2O2/c1-10(16)11-5-6-13(14-8-11)15(2)9-12-4-3-7-17-12/h5-6,8,10,12,16H,3-4,7,9H2,1-2H3/t10-,12?/m1/s1. The Bertz CT molecular complexity index is 345. The first-order chi connectivity index (χ1) is 8.16. The van der Waals surface area contributed by atoms with Crippen LogP contribution in [0.15, 0.2) is 18.3 Å². The second-order valence-corrected chi connectivity index (χ2v) is 4.64. The molecule has 0 amide bonds. The van der Waals surface area contributed by atoms with Crippen molar-refractivity contribution < 1.29 is 9.84 Å². The molecule has 1 aliphatic rings. The summed E-state index contributed by atoms with van der Waals surface area (Å²) in [5, 5.41) is 9.41. The molecular weight excluding hydrogens is 216 g/mol. The zero-order valence-corrected chi connectivity index (χ0v) is 10.5. The highest BCUT2D eigenvalue weighted by Gasteiger charge is 2.18. The number of likely N-dealkylation sites (N-methyl/N-ethyl adjacent to an activating group) is 1. The van der Waals surface area contributed by atoms with Gasteiger partial charge in [-0.2, -0.15) is 0 Å². The third kappa shape index (κ3) is 3.17. The number of hydrogen-bond acceptors (Lipinski definition) is 4. The van der Waals surface area contributed by atoms with E-state index in [2.05, 4.69) is 9.88 Å². The predicted molar refractivity (Wildman–Crippen MR) is 67.1 cm³/mol. The molecule has 1 saturated heterocycles. The number of anilines is 1. The summed E-state index contributed by atoms with van der Waals surface area (Å²) >= 11 is 0. The number of aliphatic hydroxyl groups is 1. The van der Waals surface area contributed by atoms with Crippen molar-refractivity contribution >= 4 is 5.82 Å². The molecule has 0 saturated carbocycles. The molecule has 1 fully saturated rings. The van der Waals surface area contributed by atoms with Gasteiger partial charge in [-0.05, 0) is 31.4 Å². The van der Waals surface area contributed by atoms with Crippen molar-refractivity contribution in [3.05, 3.63) is 23.9 Å². The van der Waals surface area contributed by atoms with Crippen LogP contribution in [0.3, 0.4) is 0 Å². The van der Waals surface area contributed by atoms with E-state index in [1.54, 1.807) is 13.1 Å². The Morgan fingerprint density at radius 2 is 2.41 bits per heavy atom. The van der Waals surface area contributed by atoms with E-state index in [0.717, 1.165) is 37.4 Å². The molecule has 94 valence electrons. The summed E-state index contributed by atoms with van der Waals surface area (Å²) < 4.78 is 5.60. The fourth-order valence-electron chi connectivity index (χ4n) is 2.06. The zero-order chi connectivity index (χ0) is 12.3. The predicted octanol–water partition coefficient (Wildman–Crippen LogP) is 1.75. The van der Waals surface area contributed by atoms with Crippen molar-refractivity contribution in [3.8, 4) is 0 Å². The van der Waals surface area contributed by atoms with Crippen LogP contribution in [-0.2, 0) is 4.74 Å². The van der Waals surface area contributed by atoms with E-state index in [-0.39, 0.29) is 0 Å². The molecule has 1 aromatic rings. The van der Waals surface area contributed by atoms with Gasteiger partial charge in [-0.25, -0.2) is 4.98 Å². The number of rotatable bonds is 4. The summed E-state index contributed by atoms with van der Waals surface area (Å²) in [5.41, 5.74) is 0.847. The highest BCUT2D eigenvalue weighted by molar-refractivity contribution is 5.38. The molecule has 1 aromatic heterocycles. The maximum Gasteiger partial charge on any atom is 0.128 e. The van der Waals surface area contributed by atoms with Crippen molar-refractivity contribution in [2.24, 2.45) is 0 Å². The average molecular weight is 236 g/mol. The zero-order valence-electron chi connectivity index (χ0n) is 10.5. The van der Waals surface area contributed by atoms with Crippen molar-refractivity contribution in [2.75, 3.05) is 25.1 Å². The molecule has 0 bridgehead atoms. The molecule has 2 heterocycles. The third-order valence-electron chi connectivity index (χ3n) is 3.15. The SMILES string of the molecule is C[C@@H](O)c1ccc(N(C)CC2CCCO2)nc1. The molecule has 2 rings (SSSR count). The summed E-state index contributed by atoms with van der Waals surface area (Å²) in [5.74, 6) is 0.921. The van der Waals surface area contributed by atoms with Crippen molar-refractivity contribution in [1.29, 1.82) is 0 Å². The molecule has 0 spiro atoms. The Kier molecular flexibility index (Phi) is 3.97. The lowest BCUT2D eigenvalue weighted by atomic mass is 10.2. The Morgan fingerprint density at radius 1 is 1.59 bits per heavy atom. The lowest BCUT2D eigenvalue weighted by Gasteiger charge is -2.21. The monoisotopic (exact) mass is 236 g/mol. The van der Waals surface area contributed by atoms with Crippen molar-refractivity contribution in [2.45, 2.75) is 32.0 Å². The number of nitrogens with zero attached hydrogens (tertiary/aromatic N) is 2. The number of aromatic nitrogens is 1. The van der Waals surface area contributed by atoms with Gasteiger partial charge < -0.3 is 14.7 Å². The van der Waals surface area contributed by atoms with Gasteiger partial charge in [0.25, 0.3) is 0 Å². The van der Waals surface area contributed by atoms with Crippen molar-refractivity contribution in [3.63, 3.8) is 0 Å². The van der Waals surface area contributed by atoms with E-state index in [0.29, 0.717) is 6.10 Å². The van der Waals surface area contributed by atoms with Gasteiger partial charge >= 0.3 is 0 Å². The van der Waals surface area contributed by atoms with Gasteiger partial charge in [0, 0.05) is 26.4 Å². The number of hydrogen-bond donors (Lipinski definition) is 1. The van der Waals surface area contributed by atoms with Crippen LogP contribution in [-0.4, -0.2) is 36.4 Å². The van der Waals surface area contributed by atoms with Crippen molar-refractivity contribution in [1.82, 2.24) is 4.98 Å². The molecule has 0 radical (unpaired) electrons. The van der Waals surface area contributed by atoms with Gasteiger partial charge in [-0.1, -0.05) is 6.07 Å². The van der Waals surface area contributed by atoms with Crippen LogP contribution in [0, 0.1) is 0 Å². The second-order valence-electron chi connectivity index (χ2n) is 4.64. The second kappa shape index (κ2) is 5.47. The van der Waals surface area contributed by atoms with Gasteiger partial charge in [0.2, 0.25) is 0 Å². The fraction of sp³-hybridized carbons (Fsp3) is 0.615. The van der Waals surface area contributed by atoms with Gasteiger partial charge in [-0.15, -0.1) is 0 Å². The van der Waals surface area contributed by atoms with Gasteiger partial charge in [0.1, 0.15) is 5.82 Å². The van der Waals surface area contributed by atoms with Gasteiger partial charge in [-0.3, -0.25) is 0 Å². The highest BCUT2D eigenvalue weighted by atomic mass is 16.5. The summed E-state index contributed by atoms with van der Waals surface area (Å²) in [7, 11) is 2.02. The van der Waals surface area contributed by atoms with Gasteiger partial charge in [0.15, 0.2) is 0 Å². The van der Waals surface area contributed by atoms with E-state index < -0.39 is 6.10 Å². The maximum absolute atomic E-state index is 9.41. The van der Waals surface area contributed by atoms with Crippen LogP contribution in [0.1, 0.15) is 31.4 Å². The molecule has 0 aromatic carbocycles. The molecule has 1 aliphatic heterocycles. The average Bonchev–Trinajstić information content (AvgIpc) is 2.82. The molecule has 1 N–H and O–H groups in total. The van der Waals surface area contributed by atoms with E-state index in [1.807, 2.05) is 19.2 Å². The first kappa shape index (κ1) is 12.3. The normalized spacial score (nSPS) is 21.5. The number of aliphatic hydroxyl groups excluding tert-OH is 1. The topological polar surface area (TPSA) is 45.6 Å². The highest BCUT2D eigenvalue weighted by Crippen LogP contribution is 2.18. The summed E-state index contributed by atoms with van der Waals surface area (Å²) in [6, 6.07) is 3.86. The smallest absolute Gasteiger partial charge is 0.128 e. The Balaban J connectivity index is 1.96. The third-order valence-corrected chi connectivity index (χ3v) is 3.15. The maximum atomic E-state index is 9.41. The minimum Gasteiger partial charge on any atom is -0.389 e. The summed E-state index contributed by atoms with van der Waals surface area (Å²) in [4.78, 5) is 6.45. The van der Waals surface area contributed by atoms with Crippen LogP contribution in [0.25, 0.3) is 0 Å². The minimum absolute atomic E-state index is 0.332. The Labute approximate surface area is 102 Å². The number of pyridine rings is 1. The number of ether oxygens (including phenoxy) is 1. The molecule has 2 atom stereocenters. The van der Waals surface area contributed by atoms with Crippen LogP contribution in [0.2, 0.25) is 0 Å². The fourth-order valence-corrected chi connectivity index (χ4v) is 2.06. The molecule has 17 heavy (non-hydrogen) atoms. The van der Waals surface area contributed by atoms with Gasteiger partial charge in [0.05, 0.1) is 12.2 Å².